The minimum atomic E-state index is 0.125. The molecule has 0 aromatic rings. The summed E-state index contributed by atoms with van der Waals surface area (Å²) in [7, 11) is 0. The summed E-state index contributed by atoms with van der Waals surface area (Å²) in [5.41, 5.74) is 0. The number of carbonyl (C=O) groups excluding carboxylic acids is 1. The molecule has 0 radical (unpaired) electrons. The van der Waals surface area contributed by atoms with Crippen LogP contribution in [0, 0.1) is 5.92 Å². The van der Waals surface area contributed by atoms with Crippen molar-refractivity contribution in [1.82, 2.24) is 5.32 Å². The molecule has 2 unspecified atom stereocenters. The summed E-state index contributed by atoms with van der Waals surface area (Å²) < 4.78 is 5.50. The first-order valence-electron chi connectivity index (χ1n) is 7.24. The van der Waals surface area contributed by atoms with E-state index < -0.39 is 0 Å². The van der Waals surface area contributed by atoms with E-state index in [0.29, 0.717) is 18.4 Å². The number of nitrogens with one attached hydrogen (secondary N) is 1. The molecule has 0 bridgehead atoms. The van der Waals surface area contributed by atoms with Crippen molar-refractivity contribution in [3.05, 3.63) is 0 Å². The molecule has 0 aromatic heterocycles. The number of hydrogen-bond acceptors (Lipinski definition) is 2. The third-order valence-corrected chi connectivity index (χ3v) is 4.62. The maximum Gasteiger partial charge on any atom is 0.220 e. The van der Waals surface area contributed by atoms with Crippen LogP contribution in [0.3, 0.4) is 0 Å². The highest BCUT2D eigenvalue weighted by molar-refractivity contribution is 6.21. The molecule has 2 saturated carbocycles. The summed E-state index contributed by atoms with van der Waals surface area (Å²) in [5.74, 6) is 0.686. The van der Waals surface area contributed by atoms with Gasteiger partial charge in [-0.1, -0.05) is 12.8 Å². The highest BCUT2D eigenvalue weighted by atomic mass is 35.5. The minimum absolute atomic E-state index is 0.125. The molecule has 1 amide bonds. The third kappa shape index (κ3) is 3.86. The Morgan fingerprint density at radius 1 is 1.33 bits per heavy atom. The van der Waals surface area contributed by atoms with E-state index in [1.54, 1.807) is 0 Å². The van der Waals surface area contributed by atoms with Gasteiger partial charge in [-0.3, -0.25) is 4.79 Å². The lowest BCUT2D eigenvalue weighted by molar-refractivity contribution is -0.125. The normalized spacial score (nSPS) is 35.9. The summed E-state index contributed by atoms with van der Waals surface area (Å²) in [5, 5.41) is 3.23. The van der Waals surface area contributed by atoms with Crippen molar-refractivity contribution in [3.8, 4) is 0 Å². The van der Waals surface area contributed by atoms with Crippen LogP contribution in [0.15, 0.2) is 0 Å². The number of carbonyl (C=O) groups is 1. The molecule has 0 spiro atoms. The Morgan fingerprint density at radius 3 is 2.72 bits per heavy atom. The average molecular weight is 274 g/mol. The predicted molar refractivity (Wildman–Crippen MR) is 72.8 cm³/mol. The topological polar surface area (TPSA) is 38.3 Å². The Morgan fingerprint density at radius 2 is 2.06 bits per heavy atom. The first-order valence-corrected chi connectivity index (χ1v) is 7.67. The van der Waals surface area contributed by atoms with Gasteiger partial charge >= 0.3 is 0 Å². The highest BCUT2D eigenvalue weighted by Crippen LogP contribution is 2.32. The lowest BCUT2D eigenvalue weighted by Gasteiger charge is -2.35. The predicted octanol–water partition coefficient (Wildman–Crippen LogP) is 2.86. The van der Waals surface area contributed by atoms with Gasteiger partial charge < -0.3 is 10.1 Å². The van der Waals surface area contributed by atoms with E-state index in [9.17, 15) is 4.79 Å². The fourth-order valence-electron chi connectivity index (χ4n) is 2.99. The molecule has 0 aromatic carbocycles. The van der Waals surface area contributed by atoms with Crippen molar-refractivity contribution in [2.24, 2.45) is 5.92 Å². The number of alkyl halides is 1. The summed E-state index contributed by atoms with van der Waals surface area (Å²) in [6.07, 6.45) is 7.55. The maximum atomic E-state index is 11.9. The van der Waals surface area contributed by atoms with E-state index in [0.717, 1.165) is 32.3 Å². The first-order chi connectivity index (χ1) is 8.69. The van der Waals surface area contributed by atoms with Crippen molar-refractivity contribution in [1.29, 1.82) is 0 Å². The summed E-state index contributed by atoms with van der Waals surface area (Å²) >= 11 is 6.24. The highest BCUT2D eigenvalue weighted by Gasteiger charge is 2.32. The van der Waals surface area contributed by atoms with Crippen LogP contribution in [0.5, 0.6) is 0 Å². The summed E-state index contributed by atoms with van der Waals surface area (Å²) in [4.78, 5) is 11.9. The Labute approximate surface area is 115 Å². The zero-order valence-corrected chi connectivity index (χ0v) is 11.9. The number of halogens is 1. The lowest BCUT2D eigenvalue weighted by Crippen LogP contribution is -2.44. The largest absolute Gasteiger partial charge is 0.378 e. The molecular weight excluding hydrogens is 250 g/mol. The van der Waals surface area contributed by atoms with Crippen LogP contribution in [0.1, 0.15) is 51.9 Å². The van der Waals surface area contributed by atoms with Gasteiger partial charge in [0.25, 0.3) is 0 Å². The van der Waals surface area contributed by atoms with E-state index in [-0.39, 0.29) is 17.3 Å². The van der Waals surface area contributed by atoms with Gasteiger partial charge in [0.2, 0.25) is 5.91 Å². The van der Waals surface area contributed by atoms with Gasteiger partial charge in [-0.25, -0.2) is 0 Å². The van der Waals surface area contributed by atoms with Crippen molar-refractivity contribution in [3.63, 3.8) is 0 Å². The summed E-state index contributed by atoms with van der Waals surface area (Å²) in [6.45, 7) is 2.79. The van der Waals surface area contributed by atoms with Gasteiger partial charge in [-0.2, -0.15) is 0 Å². The molecule has 4 heteroatoms. The van der Waals surface area contributed by atoms with Crippen LogP contribution >= 0.6 is 11.6 Å². The van der Waals surface area contributed by atoms with E-state index in [4.69, 9.17) is 16.3 Å². The minimum Gasteiger partial charge on any atom is -0.378 e. The van der Waals surface area contributed by atoms with E-state index in [1.165, 1.54) is 12.8 Å². The van der Waals surface area contributed by atoms with E-state index >= 15 is 0 Å². The summed E-state index contributed by atoms with van der Waals surface area (Å²) in [6, 6.07) is 0.190. The molecule has 0 saturated heterocycles. The second-order valence-corrected chi connectivity index (χ2v) is 6.15. The number of amides is 1. The third-order valence-electron chi connectivity index (χ3n) is 4.10. The molecule has 0 heterocycles. The Balaban J connectivity index is 1.63. The SMILES string of the molecule is CCOC1CC(CC(=O)NC2CCCCC2Cl)C1. The van der Waals surface area contributed by atoms with E-state index in [1.807, 2.05) is 6.92 Å². The molecule has 2 aliphatic rings. The second-order valence-electron chi connectivity index (χ2n) is 5.59. The number of hydrogen-bond donors (Lipinski definition) is 1. The van der Waals surface area contributed by atoms with Crippen LogP contribution in [-0.2, 0) is 9.53 Å². The molecule has 18 heavy (non-hydrogen) atoms. The molecule has 104 valence electrons. The maximum absolute atomic E-state index is 11.9. The van der Waals surface area contributed by atoms with Crippen molar-refractivity contribution < 1.29 is 9.53 Å². The molecule has 2 fully saturated rings. The number of ether oxygens (including phenoxy) is 1. The molecule has 3 nitrogen and oxygen atoms in total. The lowest BCUT2D eigenvalue weighted by atomic mass is 9.79. The van der Waals surface area contributed by atoms with Gasteiger partial charge in [0.15, 0.2) is 0 Å². The zero-order valence-electron chi connectivity index (χ0n) is 11.2. The first kappa shape index (κ1) is 14.1. The van der Waals surface area contributed by atoms with Gasteiger partial charge in [0, 0.05) is 19.1 Å². The fraction of sp³-hybridized carbons (Fsp3) is 0.929. The Kier molecular flexibility index (Phi) is 5.31. The van der Waals surface area contributed by atoms with Crippen molar-refractivity contribution in [2.75, 3.05) is 6.61 Å². The molecular formula is C14H24ClNO2. The Bertz CT molecular complexity index is 279. The molecule has 1 N–H and O–H groups in total. The zero-order chi connectivity index (χ0) is 13.0. The molecule has 2 rings (SSSR count). The molecule has 2 aliphatic carbocycles. The van der Waals surface area contributed by atoms with Gasteiger partial charge in [0.05, 0.1) is 11.5 Å². The van der Waals surface area contributed by atoms with Crippen molar-refractivity contribution in [2.45, 2.75) is 69.4 Å². The van der Waals surface area contributed by atoms with Crippen LogP contribution in [-0.4, -0.2) is 30.0 Å². The fourth-order valence-corrected chi connectivity index (χ4v) is 3.33. The van der Waals surface area contributed by atoms with Crippen molar-refractivity contribution >= 4 is 17.5 Å². The van der Waals surface area contributed by atoms with Crippen LogP contribution in [0.2, 0.25) is 0 Å². The van der Waals surface area contributed by atoms with Gasteiger partial charge in [-0.05, 0) is 38.5 Å². The quantitative estimate of drug-likeness (QED) is 0.783. The smallest absolute Gasteiger partial charge is 0.220 e. The Hall–Kier alpha value is -0.280. The van der Waals surface area contributed by atoms with Crippen LogP contribution in [0.4, 0.5) is 0 Å². The van der Waals surface area contributed by atoms with E-state index in [2.05, 4.69) is 5.32 Å². The molecule has 2 atom stereocenters. The second kappa shape index (κ2) is 6.76. The molecule has 0 aliphatic heterocycles. The standard InChI is InChI=1S/C14H24ClNO2/c1-2-18-11-7-10(8-11)9-14(17)16-13-6-4-3-5-12(13)15/h10-13H,2-9H2,1H3,(H,16,17). The number of rotatable bonds is 5. The monoisotopic (exact) mass is 273 g/mol. The average Bonchev–Trinajstić information content (AvgIpc) is 2.29. The van der Waals surface area contributed by atoms with Crippen LogP contribution < -0.4 is 5.32 Å². The van der Waals surface area contributed by atoms with Crippen LogP contribution in [0.25, 0.3) is 0 Å². The van der Waals surface area contributed by atoms with Gasteiger partial charge in [0.1, 0.15) is 0 Å². The van der Waals surface area contributed by atoms with Gasteiger partial charge in [-0.15, -0.1) is 11.6 Å².